The van der Waals surface area contributed by atoms with Gasteiger partial charge in [0, 0.05) is 12.3 Å². The third-order valence-corrected chi connectivity index (χ3v) is 3.04. The van der Waals surface area contributed by atoms with Gasteiger partial charge in [-0.2, -0.15) is 0 Å². The van der Waals surface area contributed by atoms with E-state index in [1.807, 2.05) is 18.2 Å². The van der Waals surface area contributed by atoms with E-state index in [-0.39, 0.29) is 24.6 Å². The molecule has 0 bridgehead atoms. The van der Waals surface area contributed by atoms with Gasteiger partial charge in [-0.05, 0) is 11.1 Å². The van der Waals surface area contributed by atoms with E-state index in [1.165, 1.54) is 11.1 Å². The van der Waals surface area contributed by atoms with Crippen molar-refractivity contribution in [2.24, 2.45) is 0 Å². The third kappa shape index (κ3) is 1.48. The second-order valence-corrected chi connectivity index (χ2v) is 4.04. The van der Waals surface area contributed by atoms with Crippen LogP contribution in [0.4, 0.5) is 0 Å². The van der Waals surface area contributed by atoms with Crippen LogP contribution in [0.15, 0.2) is 24.3 Å². The van der Waals surface area contributed by atoms with Gasteiger partial charge in [-0.3, -0.25) is 4.79 Å². The summed E-state index contributed by atoms with van der Waals surface area (Å²) in [5, 5.41) is 0. The van der Waals surface area contributed by atoms with Crippen molar-refractivity contribution in [1.82, 2.24) is 0 Å². The Kier molecular flexibility index (Phi) is 2.08. The van der Waals surface area contributed by atoms with Crippen LogP contribution in [-0.2, 0) is 20.9 Å². The molecule has 1 saturated heterocycles. The van der Waals surface area contributed by atoms with E-state index in [0.717, 1.165) is 0 Å². The SMILES string of the molecule is O=C1CO[C@H]2OCc3ccccc3[C@H]2C1. The Morgan fingerprint density at radius 1 is 1.13 bits per heavy atom. The highest BCUT2D eigenvalue weighted by Gasteiger charge is 2.36. The maximum absolute atomic E-state index is 11.3. The summed E-state index contributed by atoms with van der Waals surface area (Å²) < 4.78 is 11.0. The molecule has 2 heterocycles. The summed E-state index contributed by atoms with van der Waals surface area (Å²) in [6, 6.07) is 8.11. The minimum absolute atomic E-state index is 0.0937. The van der Waals surface area contributed by atoms with Gasteiger partial charge in [0.1, 0.15) is 6.61 Å². The van der Waals surface area contributed by atoms with Gasteiger partial charge >= 0.3 is 0 Å². The molecular formula is C12H12O3. The predicted molar refractivity (Wildman–Crippen MR) is 53.3 cm³/mol. The summed E-state index contributed by atoms with van der Waals surface area (Å²) in [6.45, 7) is 0.787. The molecule has 3 nitrogen and oxygen atoms in total. The zero-order chi connectivity index (χ0) is 10.3. The van der Waals surface area contributed by atoms with Crippen LogP contribution >= 0.6 is 0 Å². The molecule has 0 N–H and O–H groups in total. The van der Waals surface area contributed by atoms with Crippen molar-refractivity contribution in [3.05, 3.63) is 35.4 Å². The van der Waals surface area contributed by atoms with Crippen LogP contribution in [0, 0.1) is 0 Å². The normalized spacial score (nSPS) is 29.5. The summed E-state index contributed by atoms with van der Waals surface area (Å²) in [5.41, 5.74) is 2.39. The van der Waals surface area contributed by atoms with Crippen molar-refractivity contribution in [2.45, 2.75) is 25.2 Å². The average molecular weight is 204 g/mol. The quantitative estimate of drug-likeness (QED) is 0.644. The largest absolute Gasteiger partial charge is 0.347 e. The Morgan fingerprint density at radius 2 is 1.93 bits per heavy atom. The van der Waals surface area contributed by atoms with E-state index in [1.54, 1.807) is 0 Å². The second kappa shape index (κ2) is 3.43. The molecule has 3 heteroatoms. The average Bonchev–Trinajstić information content (AvgIpc) is 2.29. The van der Waals surface area contributed by atoms with Gasteiger partial charge in [0.25, 0.3) is 0 Å². The van der Waals surface area contributed by atoms with Crippen LogP contribution in [-0.4, -0.2) is 18.7 Å². The smallest absolute Gasteiger partial charge is 0.165 e. The molecule has 0 aromatic heterocycles. The van der Waals surface area contributed by atoms with Crippen molar-refractivity contribution in [1.29, 1.82) is 0 Å². The first-order chi connectivity index (χ1) is 7.34. The molecule has 2 aliphatic heterocycles. The zero-order valence-corrected chi connectivity index (χ0v) is 8.31. The van der Waals surface area contributed by atoms with Crippen LogP contribution in [0.25, 0.3) is 0 Å². The fourth-order valence-electron chi connectivity index (χ4n) is 2.31. The summed E-state index contributed by atoms with van der Waals surface area (Å²) in [5.74, 6) is 0.257. The van der Waals surface area contributed by atoms with Crippen molar-refractivity contribution < 1.29 is 14.3 Å². The molecule has 2 aliphatic rings. The summed E-state index contributed by atoms with van der Waals surface area (Å²) >= 11 is 0. The molecule has 0 amide bonds. The molecule has 3 rings (SSSR count). The number of rotatable bonds is 0. The molecular weight excluding hydrogens is 192 g/mol. The van der Waals surface area contributed by atoms with Crippen LogP contribution in [0.5, 0.6) is 0 Å². The maximum Gasteiger partial charge on any atom is 0.165 e. The minimum atomic E-state index is -0.224. The molecule has 1 aromatic rings. The summed E-state index contributed by atoms with van der Waals surface area (Å²) in [7, 11) is 0. The lowest BCUT2D eigenvalue weighted by Crippen LogP contribution is -2.38. The Bertz CT molecular complexity index is 400. The molecule has 2 atom stereocenters. The van der Waals surface area contributed by atoms with Gasteiger partial charge in [-0.1, -0.05) is 24.3 Å². The monoisotopic (exact) mass is 204 g/mol. The maximum atomic E-state index is 11.3. The molecule has 0 aliphatic carbocycles. The lowest BCUT2D eigenvalue weighted by Gasteiger charge is -2.36. The number of carbonyl (C=O) groups is 1. The van der Waals surface area contributed by atoms with Crippen LogP contribution in [0.1, 0.15) is 23.5 Å². The molecule has 0 unspecified atom stereocenters. The van der Waals surface area contributed by atoms with Crippen LogP contribution < -0.4 is 0 Å². The second-order valence-electron chi connectivity index (χ2n) is 4.04. The van der Waals surface area contributed by atoms with Crippen molar-refractivity contribution >= 4 is 5.78 Å². The number of hydrogen-bond acceptors (Lipinski definition) is 3. The highest BCUT2D eigenvalue weighted by molar-refractivity contribution is 5.81. The van der Waals surface area contributed by atoms with E-state index in [2.05, 4.69) is 6.07 Å². The van der Waals surface area contributed by atoms with Gasteiger partial charge in [0.15, 0.2) is 12.1 Å². The lowest BCUT2D eigenvalue weighted by atomic mass is 9.87. The van der Waals surface area contributed by atoms with E-state index in [9.17, 15) is 4.79 Å². The number of ether oxygens (including phenoxy) is 2. The van der Waals surface area contributed by atoms with Gasteiger partial charge < -0.3 is 9.47 Å². The zero-order valence-electron chi connectivity index (χ0n) is 8.31. The molecule has 15 heavy (non-hydrogen) atoms. The fraction of sp³-hybridized carbons (Fsp3) is 0.417. The number of ketones is 1. The molecule has 1 aromatic carbocycles. The number of Topliss-reactive ketones (excluding diaryl/α,β-unsaturated/α-hetero) is 1. The number of carbonyl (C=O) groups excluding carboxylic acids is 1. The van der Waals surface area contributed by atoms with E-state index in [0.29, 0.717) is 13.0 Å². The predicted octanol–water partition coefficient (Wildman–Crippen LogP) is 1.62. The van der Waals surface area contributed by atoms with Gasteiger partial charge in [-0.15, -0.1) is 0 Å². The minimum Gasteiger partial charge on any atom is -0.347 e. The molecule has 0 saturated carbocycles. The first kappa shape index (κ1) is 9.07. The molecule has 1 fully saturated rings. The van der Waals surface area contributed by atoms with Crippen molar-refractivity contribution in [3.8, 4) is 0 Å². The summed E-state index contributed by atoms with van der Waals surface area (Å²) in [4.78, 5) is 11.3. The molecule has 0 radical (unpaired) electrons. The number of fused-ring (bicyclic) bond motifs is 3. The first-order valence-corrected chi connectivity index (χ1v) is 5.17. The van der Waals surface area contributed by atoms with Gasteiger partial charge in [0.05, 0.1) is 6.61 Å². The van der Waals surface area contributed by atoms with E-state index >= 15 is 0 Å². The number of benzene rings is 1. The Labute approximate surface area is 88.0 Å². The highest BCUT2D eigenvalue weighted by Crippen LogP contribution is 2.36. The number of hydrogen-bond donors (Lipinski definition) is 0. The van der Waals surface area contributed by atoms with E-state index in [4.69, 9.17) is 9.47 Å². The standard InChI is InChI=1S/C12H12O3/c13-9-5-11-10-4-2-1-3-8(10)6-14-12(11)15-7-9/h1-4,11-12H,5-7H2/t11-,12-/m1/s1. The van der Waals surface area contributed by atoms with Crippen molar-refractivity contribution in [2.75, 3.05) is 6.61 Å². The summed E-state index contributed by atoms with van der Waals surface area (Å²) in [6.07, 6.45) is 0.319. The highest BCUT2D eigenvalue weighted by atomic mass is 16.7. The van der Waals surface area contributed by atoms with E-state index < -0.39 is 0 Å². The Balaban J connectivity index is 2.00. The van der Waals surface area contributed by atoms with Gasteiger partial charge in [0.2, 0.25) is 0 Å². The Morgan fingerprint density at radius 3 is 2.87 bits per heavy atom. The van der Waals surface area contributed by atoms with Crippen molar-refractivity contribution in [3.63, 3.8) is 0 Å². The topological polar surface area (TPSA) is 35.5 Å². The molecule has 78 valence electrons. The first-order valence-electron chi connectivity index (χ1n) is 5.17. The third-order valence-electron chi connectivity index (χ3n) is 3.04. The fourth-order valence-corrected chi connectivity index (χ4v) is 2.31. The van der Waals surface area contributed by atoms with Gasteiger partial charge in [-0.25, -0.2) is 0 Å². The lowest BCUT2D eigenvalue weighted by molar-refractivity contribution is -0.191. The van der Waals surface area contributed by atoms with Crippen LogP contribution in [0.2, 0.25) is 0 Å². The van der Waals surface area contributed by atoms with Crippen LogP contribution in [0.3, 0.4) is 0 Å². The Hall–Kier alpha value is -1.19. The molecule has 0 spiro atoms.